The first-order valence-electron chi connectivity index (χ1n) is 7.50. The summed E-state index contributed by atoms with van der Waals surface area (Å²) >= 11 is 0. The van der Waals surface area contributed by atoms with Crippen LogP contribution < -0.4 is 10.9 Å². The molecule has 0 saturated carbocycles. The number of rotatable bonds is 2. The van der Waals surface area contributed by atoms with Crippen molar-refractivity contribution in [1.82, 2.24) is 19.5 Å². The average molecular weight is 342 g/mol. The lowest BCUT2D eigenvalue weighted by molar-refractivity contribution is 0.522. The zero-order chi connectivity index (χ0) is 15.6. The standard InChI is InChI=1S/C17H15N5O.ClH/c23-16-11-15(13-3-8-19-9-4-13)21-17-20-14(5-10-22(16)17)12-1-6-18-7-2-12;/h1-4,6-9,11,14H,5,10H2,(H,20,21);1H. The molecule has 24 heavy (non-hydrogen) atoms. The van der Waals surface area contributed by atoms with Crippen LogP contribution in [0.4, 0.5) is 5.95 Å². The lowest BCUT2D eigenvalue weighted by atomic mass is 10.0. The summed E-state index contributed by atoms with van der Waals surface area (Å²) in [5, 5.41) is 3.37. The molecule has 0 aromatic carbocycles. The fourth-order valence-electron chi connectivity index (χ4n) is 2.83. The van der Waals surface area contributed by atoms with E-state index >= 15 is 0 Å². The molecule has 0 fully saturated rings. The Morgan fingerprint density at radius 3 is 2.42 bits per heavy atom. The van der Waals surface area contributed by atoms with Gasteiger partial charge in [0, 0.05) is 43.0 Å². The molecule has 0 aliphatic carbocycles. The molecule has 0 bridgehead atoms. The van der Waals surface area contributed by atoms with Crippen LogP contribution in [0.1, 0.15) is 18.0 Å². The maximum Gasteiger partial charge on any atom is 0.255 e. The van der Waals surface area contributed by atoms with Gasteiger partial charge in [0.2, 0.25) is 5.95 Å². The molecule has 0 saturated heterocycles. The molecule has 1 unspecified atom stereocenters. The summed E-state index contributed by atoms with van der Waals surface area (Å²) in [4.78, 5) is 25.0. The lowest BCUT2D eigenvalue weighted by Crippen LogP contribution is -2.31. The normalized spacial score (nSPS) is 15.8. The fourth-order valence-corrected chi connectivity index (χ4v) is 2.83. The Kier molecular flexibility index (Phi) is 4.57. The summed E-state index contributed by atoms with van der Waals surface area (Å²) in [6.07, 6.45) is 7.79. The minimum absolute atomic E-state index is 0. The van der Waals surface area contributed by atoms with E-state index in [4.69, 9.17) is 0 Å². The highest BCUT2D eigenvalue weighted by atomic mass is 35.5. The van der Waals surface area contributed by atoms with Crippen molar-refractivity contribution in [1.29, 1.82) is 0 Å². The van der Waals surface area contributed by atoms with Gasteiger partial charge in [-0.05, 0) is 36.2 Å². The van der Waals surface area contributed by atoms with E-state index in [2.05, 4.69) is 20.3 Å². The van der Waals surface area contributed by atoms with E-state index < -0.39 is 0 Å². The first kappa shape index (κ1) is 16.1. The van der Waals surface area contributed by atoms with Gasteiger partial charge >= 0.3 is 0 Å². The van der Waals surface area contributed by atoms with Crippen LogP contribution in [0.3, 0.4) is 0 Å². The van der Waals surface area contributed by atoms with Gasteiger partial charge in [0.05, 0.1) is 11.7 Å². The van der Waals surface area contributed by atoms with Gasteiger partial charge < -0.3 is 5.32 Å². The van der Waals surface area contributed by atoms with Crippen molar-refractivity contribution < 1.29 is 0 Å². The molecule has 3 aromatic rings. The molecule has 0 amide bonds. The van der Waals surface area contributed by atoms with Crippen molar-refractivity contribution in [2.75, 3.05) is 5.32 Å². The van der Waals surface area contributed by atoms with Gasteiger partial charge in [-0.3, -0.25) is 19.3 Å². The van der Waals surface area contributed by atoms with Gasteiger partial charge in [0.25, 0.3) is 5.56 Å². The Bertz CT molecular complexity index is 882. The molecule has 6 nitrogen and oxygen atoms in total. The molecule has 7 heteroatoms. The number of nitrogens with zero attached hydrogens (tertiary/aromatic N) is 4. The number of halogens is 1. The Hall–Kier alpha value is -2.73. The highest BCUT2D eigenvalue weighted by Gasteiger charge is 2.21. The van der Waals surface area contributed by atoms with Crippen molar-refractivity contribution in [3.05, 3.63) is 71.0 Å². The molecule has 0 spiro atoms. The van der Waals surface area contributed by atoms with E-state index in [1.54, 1.807) is 35.4 Å². The van der Waals surface area contributed by atoms with Crippen molar-refractivity contribution in [3.63, 3.8) is 0 Å². The van der Waals surface area contributed by atoms with Crippen LogP contribution in [-0.2, 0) is 6.54 Å². The van der Waals surface area contributed by atoms with E-state index in [1.165, 1.54) is 0 Å². The molecule has 3 aromatic heterocycles. The van der Waals surface area contributed by atoms with Crippen LogP contribution in [0.2, 0.25) is 0 Å². The molecule has 4 heterocycles. The molecule has 122 valence electrons. The predicted molar refractivity (Wildman–Crippen MR) is 94.2 cm³/mol. The summed E-state index contributed by atoms with van der Waals surface area (Å²) in [7, 11) is 0. The quantitative estimate of drug-likeness (QED) is 0.775. The summed E-state index contributed by atoms with van der Waals surface area (Å²) in [5.41, 5.74) is 2.65. The van der Waals surface area contributed by atoms with Crippen molar-refractivity contribution >= 4 is 18.4 Å². The number of pyridine rings is 2. The maximum atomic E-state index is 12.4. The molecular weight excluding hydrogens is 326 g/mol. The third kappa shape index (κ3) is 3.00. The fraction of sp³-hybridized carbons (Fsp3) is 0.176. The third-order valence-electron chi connectivity index (χ3n) is 4.04. The Balaban J connectivity index is 0.00000169. The number of hydrogen-bond acceptors (Lipinski definition) is 5. The summed E-state index contributed by atoms with van der Waals surface area (Å²) in [6, 6.07) is 9.38. The van der Waals surface area contributed by atoms with Crippen molar-refractivity contribution in [3.8, 4) is 11.3 Å². The minimum Gasteiger partial charge on any atom is -0.349 e. The van der Waals surface area contributed by atoms with E-state index in [-0.39, 0.29) is 24.0 Å². The number of hydrogen-bond donors (Lipinski definition) is 1. The summed E-state index contributed by atoms with van der Waals surface area (Å²) in [6.45, 7) is 0.651. The van der Waals surface area contributed by atoms with Crippen LogP contribution in [0.5, 0.6) is 0 Å². The van der Waals surface area contributed by atoms with Crippen molar-refractivity contribution in [2.24, 2.45) is 0 Å². The zero-order valence-corrected chi connectivity index (χ0v) is 13.6. The molecule has 0 radical (unpaired) electrons. The molecule has 1 N–H and O–H groups in total. The minimum atomic E-state index is -0.0394. The highest BCUT2D eigenvalue weighted by molar-refractivity contribution is 5.85. The smallest absolute Gasteiger partial charge is 0.255 e. The van der Waals surface area contributed by atoms with Gasteiger partial charge in [-0.15, -0.1) is 12.4 Å². The van der Waals surface area contributed by atoms with Crippen molar-refractivity contribution in [2.45, 2.75) is 19.0 Å². The first-order chi connectivity index (χ1) is 11.3. The number of nitrogens with one attached hydrogen (secondary N) is 1. The van der Waals surface area contributed by atoms with E-state index in [9.17, 15) is 4.79 Å². The van der Waals surface area contributed by atoms with Gasteiger partial charge in [0.1, 0.15) is 0 Å². The van der Waals surface area contributed by atoms with Crippen LogP contribution in [-0.4, -0.2) is 19.5 Å². The highest BCUT2D eigenvalue weighted by Crippen LogP contribution is 2.27. The van der Waals surface area contributed by atoms with E-state index in [0.29, 0.717) is 18.2 Å². The van der Waals surface area contributed by atoms with E-state index in [1.807, 2.05) is 24.3 Å². The first-order valence-corrected chi connectivity index (χ1v) is 7.50. The molecule has 1 atom stereocenters. The number of fused-ring (bicyclic) bond motifs is 1. The lowest BCUT2D eigenvalue weighted by Gasteiger charge is -2.27. The zero-order valence-electron chi connectivity index (χ0n) is 12.8. The Labute approximate surface area is 145 Å². The van der Waals surface area contributed by atoms with Crippen LogP contribution in [0.25, 0.3) is 11.3 Å². The van der Waals surface area contributed by atoms with Gasteiger partial charge in [-0.25, -0.2) is 4.98 Å². The summed E-state index contributed by atoms with van der Waals surface area (Å²) < 4.78 is 1.68. The second kappa shape index (κ2) is 6.80. The van der Waals surface area contributed by atoms with Crippen LogP contribution >= 0.6 is 12.4 Å². The van der Waals surface area contributed by atoms with Crippen LogP contribution in [0, 0.1) is 0 Å². The Morgan fingerprint density at radius 2 is 1.71 bits per heavy atom. The van der Waals surface area contributed by atoms with Crippen LogP contribution in [0.15, 0.2) is 59.9 Å². The molecule has 1 aliphatic heterocycles. The monoisotopic (exact) mass is 341 g/mol. The molecule has 4 rings (SSSR count). The number of anilines is 1. The Morgan fingerprint density at radius 1 is 1.04 bits per heavy atom. The van der Waals surface area contributed by atoms with E-state index in [0.717, 1.165) is 17.5 Å². The number of aromatic nitrogens is 4. The predicted octanol–water partition coefficient (Wildman–Crippen LogP) is 2.68. The molecular formula is C17H16ClN5O. The summed E-state index contributed by atoms with van der Waals surface area (Å²) in [5.74, 6) is 0.609. The topological polar surface area (TPSA) is 72.7 Å². The molecule has 1 aliphatic rings. The second-order valence-corrected chi connectivity index (χ2v) is 5.46. The van der Waals surface area contributed by atoms with Gasteiger partial charge in [0.15, 0.2) is 0 Å². The SMILES string of the molecule is Cl.O=c1cc(-c2ccncc2)nc2n1CCC(c1ccncc1)N2. The second-order valence-electron chi connectivity index (χ2n) is 5.46. The van der Waals surface area contributed by atoms with Gasteiger partial charge in [-0.1, -0.05) is 0 Å². The third-order valence-corrected chi connectivity index (χ3v) is 4.04. The van der Waals surface area contributed by atoms with Gasteiger partial charge in [-0.2, -0.15) is 0 Å². The largest absolute Gasteiger partial charge is 0.349 e. The average Bonchev–Trinajstić information content (AvgIpc) is 2.63. The maximum absolute atomic E-state index is 12.4.